The van der Waals surface area contributed by atoms with Gasteiger partial charge in [-0.15, -0.1) is 0 Å². The van der Waals surface area contributed by atoms with E-state index in [1.54, 1.807) is 12.1 Å². The predicted molar refractivity (Wildman–Crippen MR) is 76.0 cm³/mol. The summed E-state index contributed by atoms with van der Waals surface area (Å²) < 4.78 is 19.6. The normalized spacial score (nSPS) is 24.9. The van der Waals surface area contributed by atoms with Crippen molar-refractivity contribution in [1.29, 1.82) is 0 Å². The molecule has 0 bridgehead atoms. The van der Waals surface area contributed by atoms with Crippen molar-refractivity contribution in [1.82, 2.24) is 5.32 Å². The minimum Gasteiger partial charge on any atom is -0.487 e. The molecular formula is C16H24FNO. The van der Waals surface area contributed by atoms with Gasteiger partial charge in [-0.25, -0.2) is 4.39 Å². The molecule has 1 N–H and O–H groups in total. The highest BCUT2D eigenvalue weighted by molar-refractivity contribution is 5.30. The van der Waals surface area contributed by atoms with Crippen LogP contribution in [0.15, 0.2) is 18.2 Å². The zero-order chi connectivity index (χ0) is 14.0. The highest BCUT2D eigenvalue weighted by Gasteiger charge is 2.49. The summed E-state index contributed by atoms with van der Waals surface area (Å²) in [6, 6.07) is 5.48. The zero-order valence-electron chi connectivity index (χ0n) is 12.3. The maximum Gasteiger partial charge on any atom is 0.165 e. The molecule has 2 rings (SSSR count). The number of rotatable bonds is 5. The van der Waals surface area contributed by atoms with Crippen LogP contribution >= 0.6 is 0 Å². The molecule has 0 amide bonds. The quantitative estimate of drug-likeness (QED) is 0.877. The fourth-order valence-electron chi connectivity index (χ4n) is 2.60. The zero-order valence-corrected chi connectivity index (χ0v) is 12.3. The van der Waals surface area contributed by atoms with Crippen LogP contribution in [0, 0.1) is 18.2 Å². The van der Waals surface area contributed by atoms with Crippen molar-refractivity contribution in [3.8, 4) is 5.75 Å². The van der Waals surface area contributed by atoms with E-state index in [9.17, 15) is 4.39 Å². The van der Waals surface area contributed by atoms with Crippen LogP contribution in [0.3, 0.4) is 0 Å². The first kappa shape index (κ1) is 14.3. The number of ether oxygens (including phenoxy) is 1. The van der Waals surface area contributed by atoms with Crippen LogP contribution in [0.1, 0.15) is 39.2 Å². The summed E-state index contributed by atoms with van der Waals surface area (Å²) in [6.07, 6.45) is 2.16. The van der Waals surface area contributed by atoms with Gasteiger partial charge in [-0.1, -0.05) is 26.8 Å². The van der Waals surface area contributed by atoms with Crippen molar-refractivity contribution in [2.75, 3.05) is 6.54 Å². The lowest BCUT2D eigenvalue weighted by atomic mass is 9.64. The maximum atomic E-state index is 13.7. The maximum absolute atomic E-state index is 13.7. The monoisotopic (exact) mass is 265 g/mol. The number of benzene rings is 1. The van der Waals surface area contributed by atoms with E-state index in [0.29, 0.717) is 11.8 Å². The summed E-state index contributed by atoms with van der Waals surface area (Å²) in [7, 11) is 0. The van der Waals surface area contributed by atoms with E-state index >= 15 is 0 Å². The molecule has 2 atom stereocenters. The van der Waals surface area contributed by atoms with Gasteiger partial charge in [0, 0.05) is 17.9 Å². The van der Waals surface area contributed by atoms with E-state index in [1.165, 1.54) is 6.07 Å². The second-order valence-electron chi connectivity index (χ2n) is 6.10. The van der Waals surface area contributed by atoms with Gasteiger partial charge in [0.2, 0.25) is 0 Å². The molecule has 0 heterocycles. The Morgan fingerprint density at radius 2 is 2.16 bits per heavy atom. The van der Waals surface area contributed by atoms with Crippen molar-refractivity contribution in [2.45, 2.75) is 52.7 Å². The Bertz CT molecular complexity index is 444. The lowest BCUT2D eigenvalue weighted by molar-refractivity contribution is -0.0563. The SMILES string of the molecule is CCCNC1CC(Oc2cc(C)ccc2F)C1(C)C. The molecule has 0 spiro atoms. The number of hydrogen-bond donors (Lipinski definition) is 1. The predicted octanol–water partition coefficient (Wildman–Crippen LogP) is 3.68. The summed E-state index contributed by atoms with van der Waals surface area (Å²) in [5.41, 5.74) is 1.07. The van der Waals surface area contributed by atoms with Crippen LogP contribution in [-0.2, 0) is 0 Å². The molecule has 0 aliphatic heterocycles. The first-order chi connectivity index (χ1) is 8.95. The van der Waals surface area contributed by atoms with E-state index in [4.69, 9.17) is 4.74 Å². The Balaban J connectivity index is 2.00. The van der Waals surface area contributed by atoms with Crippen molar-refractivity contribution in [3.63, 3.8) is 0 Å². The second-order valence-corrected chi connectivity index (χ2v) is 6.10. The standard InChI is InChI=1S/C16H24FNO/c1-5-8-18-14-10-15(16(14,3)4)19-13-9-11(2)6-7-12(13)17/h6-7,9,14-15,18H,5,8,10H2,1-4H3. The molecule has 1 aliphatic carbocycles. The van der Waals surface area contributed by atoms with Gasteiger partial charge in [-0.3, -0.25) is 0 Å². The molecular weight excluding hydrogens is 241 g/mol. The number of halogens is 1. The van der Waals surface area contributed by atoms with Gasteiger partial charge in [-0.2, -0.15) is 0 Å². The largest absolute Gasteiger partial charge is 0.487 e. The third-order valence-electron chi connectivity index (χ3n) is 4.17. The van der Waals surface area contributed by atoms with Gasteiger partial charge in [-0.05, 0) is 37.6 Å². The molecule has 1 fully saturated rings. The molecule has 2 unspecified atom stereocenters. The summed E-state index contributed by atoms with van der Waals surface area (Å²) in [5.74, 6) is 0.110. The molecule has 0 aromatic heterocycles. The second kappa shape index (κ2) is 5.49. The highest BCUT2D eigenvalue weighted by Crippen LogP contribution is 2.43. The fraction of sp³-hybridized carbons (Fsp3) is 0.625. The summed E-state index contributed by atoms with van der Waals surface area (Å²) >= 11 is 0. The average molecular weight is 265 g/mol. The van der Waals surface area contributed by atoms with Crippen LogP contribution in [0.25, 0.3) is 0 Å². The van der Waals surface area contributed by atoms with Gasteiger partial charge in [0.1, 0.15) is 6.10 Å². The summed E-state index contributed by atoms with van der Waals surface area (Å²) in [5, 5.41) is 3.53. The Kier molecular flexibility index (Phi) is 4.14. The molecule has 0 radical (unpaired) electrons. The molecule has 2 nitrogen and oxygen atoms in total. The Morgan fingerprint density at radius 3 is 2.79 bits per heavy atom. The van der Waals surface area contributed by atoms with Crippen molar-refractivity contribution in [3.05, 3.63) is 29.6 Å². The molecule has 106 valence electrons. The molecule has 19 heavy (non-hydrogen) atoms. The van der Waals surface area contributed by atoms with E-state index < -0.39 is 0 Å². The van der Waals surface area contributed by atoms with Gasteiger partial charge in [0.25, 0.3) is 0 Å². The molecule has 1 aromatic carbocycles. The van der Waals surface area contributed by atoms with E-state index in [0.717, 1.165) is 24.9 Å². The summed E-state index contributed by atoms with van der Waals surface area (Å²) in [4.78, 5) is 0. The summed E-state index contributed by atoms with van der Waals surface area (Å²) in [6.45, 7) is 9.50. The van der Waals surface area contributed by atoms with Gasteiger partial charge in [0.15, 0.2) is 11.6 Å². The van der Waals surface area contributed by atoms with Crippen LogP contribution < -0.4 is 10.1 Å². The van der Waals surface area contributed by atoms with Gasteiger partial charge < -0.3 is 10.1 Å². The first-order valence-electron chi connectivity index (χ1n) is 7.11. The van der Waals surface area contributed by atoms with Crippen molar-refractivity contribution in [2.24, 2.45) is 5.41 Å². The van der Waals surface area contributed by atoms with Gasteiger partial charge >= 0.3 is 0 Å². The lowest BCUT2D eigenvalue weighted by Gasteiger charge is -2.51. The van der Waals surface area contributed by atoms with E-state index in [-0.39, 0.29) is 17.3 Å². The number of aryl methyl sites for hydroxylation is 1. The van der Waals surface area contributed by atoms with Crippen LogP contribution in [-0.4, -0.2) is 18.7 Å². The van der Waals surface area contributed by atoms with Crippen LogP contribution in [0.2, 0.25) is 0 Å². The van der Waals surface area contributed by atoms with Gasteiger partial charge in [0.05, 0.1) is 0 Å². The molecule has 0 saturated heterocycles. The third kappa shape index (κ3) is 2.92. The Labute approximate surface area is 115 Å². The topological polar surface area (TPSA) is 21.3 Å². The Morgan fingerprint density at radius 1 is 1.42 bits per heavy atom. The smallest absolute Gasteiger partial charge is 0.165 e. The molecule has 3 heteroatoms. The molecule has 1 aromatic rings. The number of nitrogens with one attached hydrogen (secondary N) is 1. The minimum atomic E-state index is -0.272. The highest BCUT2D eigenvalue weighted by atomic mass is 19.1. The van der Waals surface area contributed by atoms with Crippen LogP contribution in [0.5, 0.6) is 5.75 Å². The first-order valence-corrected chi connectivity index (χ1v) is 7.11. The third-order valence-corrected chi connectivity index (χ3v) is 4.17. The average Bonchev–Trinajstić information content (AvgIpc) is 2.36. The number of hydrogen-bond acceptors (Lipinski definition) is 2. The van der Waals surface area contributed by atoms with Crippen molar-refractivity contribution >= 4 is 0 Å². The van der Waals surface area contributed by atoms with Crippen molar-refractivity contribution < 1.29 is 9.13 Å². The minimum absolute atomic E-state index is 0.0470. The molecule has 1 saturated carbocycles. The van der Waals surface area contributed by atoms with Crippen LogP contribution in [0.4, 0.5) is 4.39 Å². The van der Waals surface area contributed by atoms with E-state index in [2.05, 4.69) is 26.1 Å². The molecule has 1 aliphatic rings. The fourth-order valence-corrected chi connectivity index (χ4v) is 2.60. The lowest BCUT2D eigenvalue weighted by Crippen LogP contribution is -2.62. The van der Waals surface area contributed by atoms with E-state index in [1.807, 2.05) is 6.92 Å². The Hall–Kier alpha value is -1.09.